The minimum absolute atomic E-state index is 0.0545. The van der Waals surface area contributed by atoms with Crippen molar-refractivity contribution in [2.24, 2.45) is 0 Å². The third-order valence-electron chi connectivity index (χ3n) is 3.73. The van der Waals surface area contributed by atoms with E-state index in [1.807, 2.05) is 39.0 Å². The number of ketones is 1. The van der Waals surface area contributed by atoms with Gasteiger partial charge in [0.05, 0.1) is 5.52 Å². The van der Waals surface area contributed by atoms with E-state index in [2.05, 4.69) is 28.8 Å². The van der Waals surface area contributed by atoms with E-state index in [1.165, 1.54) is 11.6 Å². The minimum Gasteiger partial charge on any atom is -0.459 e. The third-order valence-corrected chi connectivity index (χ3v) is 3.73. The number of carbonyl (C=O) groups is 2. The highest BCUT2D eigenvalue weighted by molar-refractivity contribution is 6.05. The van der Waals surface area contributed by atoms with Crippen LogP contribution in [-0.2, 0) is 16.1 Å². The smallest absolute Gasteiger partial charge is 0.328 e. The Morgan fingerprint density at radius 1 is 1.36 bits per heavy atom. The van der Waals surface area contributed by atoms with E-state index >= 15 is 0 Å². The molecule has 1 aromatic heterocycles. The fraction of sp³-hybridized carbons (Fsp3) is 0.409. The quantitative estimate of drug-likeness (QED) is 0.262. The van der Waals surface area contributed by atoms with Gasteiger partial charge in [-0.1, -0.05) is 17.9 Å². The zero-order valence-electron chi connectivity index (χ0n) is 17.0. The number of benzene rings is 1. The van der Waals surface area contributed by atoms with Crippen molar-refractivity contribution >= 4 is 22.7 Å². The summed E-state index contributed by atoms with van der Waals surface area (Å²) in [6.45, 7) is 12.0. The number of esters is 1. The highest BCUT2D eigenvalue weighted by Gasteiger charge is 2.20. The Morgan fingerprint density at radius 3 is 2.75 bits per heavy atom. The van der Waals surface area contributed by atoms with Crippen molar-refractivity contribution in [3.8, 4) is 11.8 Å². The number of hydrogen-bond donors (Lipinski definition) is 1. The molecule has 0 aliphatic rings. The van der Waals surface area contributed by atoms with E-state index in [0.29, 0.717) is 23.0 Å². The van der Waals surface area contributed by atoms with Crippen molar-refractivity contribution in [2.45, 2.75) is 46.3 Å². The van der Waals surface area contributed by atoms with Crippen LogP contribution in [0.15, 0.2) is 30.9 Å². The minimum atomic E-state index is -0.577. The lowest BCUT2D eigenvalue weighted by Crippen LogP contribution is -2.26. The highest BCUT2D eigenvalue weighted by atomic mass is 16.6. The van der Waals surface area contributed by atoms with Crippen LogP contribution in [0.4, 0.5) is 0 Å². The van der Waals surface area contributed by atoms with Crippen LogP contribution in [0.3, 0.4) is 0 Å². The Morgan fingerprint density at radius 2 is 2.11 bits per heavy atom. The Balaban J connectivity index is 2.25. The molecule has 0 radical (unpaired) electrons. The average Bonchev–Trinajstić information content (AvgIpc) is 2.94. The largest absolute Gasteiger partial charge is 0.459 e. The average molecular weight is 381 g/mol. The number of carbonyl (C=O) groups excluding carboxylic acids is 2. The van der Waals surface area contributed by atoms with Crippen LogP contribution >= 0.6 is 0 Å². The molecule has 28 heavy (non-hydrogen) atoms. The van der Waals surface area contributed by atoms with Gasteiger partial charge in [0.25, 0.3) is 0 Å². The predicted molar refractivity (Wildman–Crippen MR) is 110 cm³/mol. The number of ether oxygens (including phenoxy) is 1. The first-order valence-electron chi connectivity index (χ1n) is 9.25. The summed E-state index contributed by atoms with van der Waals surface area (Å²) in [6, 6.07) is 5.54. The summed E-state index contributed by atoms with van der Waals surface area (Å²) in [5, 5.41) is 8.21. The van der Waals surface area contributed by atoms with Crippen LogP contribution in [-0.4, -0.2) is 40.2 Å². The molecule has 148 valence electrons. The van der Waals surface area contributed by atoms with Crippen molar-refractivity contribution in [3.05, 3.63) is 42.1 Å². The van der Waals surface area contributed by atoms with Crippen LogP contribution in [0.5, 0.6) is 0 Å². The number of rotatable bonds is 7. The third kappa shape index (κ3) is 6.07. The molecule has 6 nitrogen and oxygen atoms in total. The Bertz CT molecular complexity index is 940. The summed E-state index contributed by atoms with van der Waals surface area (Å²) < 4.78 is 6.87. The second kappa shape index (κ2) is 9.34. The van der Waals surface area contributed by atoms with Crippen molar-refractivity contribution in [1.82, 2.24) is 15.1 Å². The van der Waals surface area contributed by atoms with Crippen LogP contribution in [0.2, 0.25) is 0 Å². The van der Waals surface area contributed by atoms with Crippen LogP contribution in [0, 0.1) is 11.8 Å². The first kappa shape index (κ1) is 21.4. The molecular formula is C22H27N3O3. The molecule has 0 spiro atoms. The highest BCUT2D eigenvalue weighted by Crippen LogP contribution is 2.21. The van der Waals surface area contributed by atoms with Gasteiger partial charge >= 0.3 is 5.97 Å². The van der Waals surface area contributed by atoms with Gasteiger partial charge in [-0.3, -0.25) is 14.3 Å². The second-order valence-electron chi connectivity index (χ2n) is 7.43. The van der Waals surface area contributed by atoms with Crippen LogP contribution in [0.25, 0.3) is 10.9 Å². The standard InChI is InChI=1S/C22H27N3O3/c1-6-12-23-13-8-7-9-17-10-11-19-18(14-17)21(16(2)26)24-25(19)15-20(27)28-22(3,4)5/h6,10-11,14,23H,1,8,12-13,15H2,2-5H3. The first-order chi connectivity index (χ1) is 13.2. The number of nitrogens with zero attached hydrogens (tertiary/aromatic N) is 2. The van der Waals surface area contributed by atoms with Gasteiger partial charge in [0.15, 0.2) is 5.78 Å². The van der Waals surface area contributed by atoms with Gasteiger partial charge in [0.1, 0.15) is 17.8 Å². The molecule has 0 unspecified atom stereocenters. The topological polar surface area (TPSA) is 73.2 Å². The van der Waals surface area contributed by atoms with Crippen molar-refractivity contribution in [2.75, 3.05) is 13.1 Å². The van der Waals surface area contributed by atoms with Gasteiger partial charge in [-0.15, -0.1) is 6.58 Å². The van der Waals surface area contributed by atoms with Gasteiger partial charge in [0, 0.05) is 37.4 Å². The SMILES string of the molecule is C=CCNCCC#Cc1ccc2c(c1)c(C(C)=O)nn2CC(=O)OC(C)(C)C. The maximum atomic E-state index is 12.2. The van der Waals surface area contributed by atoms with E-state index in [0.717, 1.165) is 18.7 Å². The number of Topliss-reactive ketones (excluding diaryl/α,β-unsaturated/α-hetero) is 1. The normalized spacial score (nSPS) is 11.0. The molecular weight excluding hydrogens is 354 g/mol. The first-order valence-corrected chi connectivity index (χ1v) is 9.25. The summed E-state index contributed by atoms with van der Waals surface area (Å²) in [5.41, 5.74) is 1.26. The molecule has 0 atom stereocenters. The molecule has 2 rings (SSSR count). The molecule has 0 saturated heterocycles. The van der Waals surface area contributed by atoms with Crippen molar-refractivity contribution < 1.29 is 14.3 Å². The molecule has 0 aliphatic heterocycles. The molecule has 0 amide bonds. The fourth-order valence-corrected chi connectivity index (χ4v) is 2.65. The fourth-order valence-electron chi connectivity index (χ4n) is 2.65. The van der Waals surface area contributed by atoms with E-state index in [9.17, 15) is 9.59 Å². The van der Waals surface area contributed by atoms with Gasteiger partial charge in [0.2, 0.25) is 0 Å². The van der Waals surface area contributed by atoms with Crippen LogP contribution in [0.1, 0.15) is 50.2 Å². The lowest BCUT2D eigenvalue weighted by Gasteiger charge is -2.19. The summed E-state index contributed by atoms with van der Waals surface area (Å²) in [4.78, 5) is 24.2. The molecule has 6 heteroatoms. The number of nitrogens with one attached hydrogen (secondary N) is 1. The van der Waals surface area contributed by atoms with E-state index < -0.39 is 11.6 Å². The molecule has 0 saturated carbocycles. The molecule has 2 aromatic rings. The van der Waals surface area contributed by atoms with Gasteiger partial charge in [-0.05, 0) is 39.0 Å². The monoisotopic (exact) mass is 381 g/mol. The summed E-state index contributed by atoms with van der Waals surface area (Å²) in [6.07, 6.45) is 2.52. The molecule has 1 N–H and O–H groups in total. The molecule has 0 fully saturated rings. The number of fused-ring (bicyclic) bond motifs is 1. The number of hydrogen-bond acceptors (Lipinski definition) is 5. The predicted octanol–water partition coefficient (Wildman–Crippen LogP) is 3.10. The number of aromatic nitrogens is 2. The summed E-state index contributed by atoms with van der Waals surface area (Å²) in [7, 11) is 0. The van der Waals surface area contributed by atoms with E-state index in [4.69, 9.17) is 4.74 Å². The van der Waals surface area contributed by atoms with Crippen molar-refractivity contribution in [1.29, 1.82) is 0 Å². The molecule has 1 heterocycles. The Hall–Kier alpha value is -2.91. The van der Waals surface area contributed by atoms with Gasteiger partial charge < -0.3 is 10.1 Å². The summed E-state index contributed by atoms with van der Waals surface area (Å²) in [5.74, 6) is 5.65. The van der Waals surface area contributed by atoms with E-state index in [-0.39, 0.29) is 12.3 Å². The van der Waals surface area contributed by atoms with Crippen molar-refractivity contribution in [3.63, 3.8) is 0 Å². The Kier molecular flexibility index (Phi) is 7.13. The van der Waals surface area contributed by atoms with E-state index in [1.54, 1.807) is 6.08 Å². The maximum Gasteiger partial charge on any atom is 0.328 e. The zero-order chi connectivity index (χ0) is 20.7. The molecule has 0 bridgehead atoms. The summed E-state index contributed by atoms with van der Waals surface area (Å²) >= 11 is 0. The second-order valence-corrected chi connectivity index (χ2v) is 7.43. The molecule has 1 aromatic carbocycles. The molecule has 0 aliphatic carbocycles. The maximum absolute atomic E-state index is 12.2. The van der Waals surface area contributed by atoms with Gasteiger partial charge in [-0.25, -0.2) is 0 Å². The lowest BCUT2D eigenvalue weighted by atomic mass is 10.1. The Labute approximate surface area is 165 Å². The lowest BCUT2D eigenvalue weighted by molar-refractivity contribution is -0.155. The van der Waals surface area contributed by atoms with Crippen LogP contribution < -0.4 is 5.32 Å². The van der Waals surface area contributed by atoms with Gasteiger partial charge in [-0.2, -0.15) is 5.10 Å². The zero-order valence-corrected chi connectivity index (χ0v) is 17.0.